The van der Waals surface area contributed by atoms with E-state index < -0.39 is 37.4 Å². The molecular weight excluding hydrogens is 1630 g/mol. The van der Waals surface area contributed by atoms with Gasteiger partial charge < -0.3 is 15.0 Å². The summed E-state index contributed by atoms with van der Waals surface area (Å²) in [5, 5.41) is 106. The van der Waals surface area contributed by atoms with Crippen molar-refractivity contribution >= 4 is 0 Å². The molecule has 688 valence electrons. The predicted octanol–water partition coefficient (Wildman–Crippen LogP) is 2.82. The van der Waals surface area contributed by atoms with E-state index in [0.29, 0.717) is 179 Å². The molecule has 0 saturated carbocycles. The molecular formula is C93H132F4N30O. The smallest absolute Gasteiger partial charge is 0.352 e. The minimum atomic E-state index is -4.37. The second-order valence-electron chi connectivity index (χ2n) is 32.0. The van der Waals surface area contributed by atoms with Crippen molar-refractivity contribution in [1.29, 1.82) is 63.1 Å². The van der Waals surface area contributed by atoms with Gasteiger partial charge in [-0.15, -0.1) is 51.4 Å². The molecule has 0 aromatic heterocycles. The minimum Gasteiger partial charge on any atom is -0.352 e. The summed E-state index contributed by atoms with van der Waals surface area (Å²) < 4.78 is 54.4. The zero-order valence-electron chi connectivity index (χ0n) is 76.3. The Morgan fingerprint density at radius 2 is 0.734 bits per heavy atom. The van der Waals surface area contributed by atoms with E-state index in [1.165, 1.54) is 4.90 Å². The number of nitriles is 12. The zero-order chi connectivity index (χ0) is 95.6. The van der Waals surface area contributed by atoms with Crippen LogP contribution in [0.25, 0.3) is 0 Å². The van der Waals surface area contributed by atoms with E-state index in [-0.39, 0.29) is 19.6 Å². The molecule has 1 N–H and O–H groups in total. The lowest BCUT2D eigenvalue weighted by atomic mass is 10.0. The molecule has 9 saturated heterocycles. The second kappa shape index (κ2) is 69.4. The normalized spacial score (nSPS) is 24.2. The number of likely N-dealkylation sites (tertiary alicyclic amines) is 1. The fourth-order valence-corrected chi connectivity index (χ4v) is 15.4. The Hall–Kier alpha value is -10.7. The van der Waals surface area contributed by atoms with Crippen LogP contribution in [-0.2, 0) is 4.74 Å². The molecule has 0 bridgehead atoms. The second-order valence-corrected chi connectivity index (χ2v) is 32.0. The lowest BCUT2D eigenvalue weighted by Crippen LogP contribution is -2.57. The number of rotatable bonds is 22. The molecule has 9 rings (SSSR count). The van der Waals surface area contributed by atoms with Crippen molar-refractivity contribution in [3.63, 3.8) is 0 Å². The average molecular weight is 1760 g/mol. The molecule has 128 heavy (non-hydrogen) atoms. The third-order valence-corrected chi connectivity index (χ3v) is 23.0. The maximum atomic E-state index is 13.3. The third-order valence-electron chi connectivity index (χ3n) is 23.0. The Bertz CT molecular complexity index is 3830. The highest BCUT2D eigenvalue weighted by Crippen LogP contribution is 2.23. The number of hydrogen-bond acceptors (Lipinski definition) is 31. The van der Waals surface area contributed by atoms with Crippen molar-refractivity contribution in [2.75, 3.05) is 269 Å². The van der Waals surface area contributed by atoms with Crippen molar-refractivity contribution < 1.29 is 22.3 Å². The maximum Gasteiger partial charge on any atom is 0.411 e. The molecule has 9 heterocycles. The van der Waals surface area contributed by atoms with E-state index in [9.17, 15) is 17.6 Å². The third kappa shape index (κ3) is 46.9. The quantitative estimate of drug-likeness (QED) is 0.0704. The molecule has 10 unspecified atom stereocenters. The van der Waals surface area contributed by atoms with Crippen LogP contribution in [0.1, 0.15) is 74.1 Å². The van der Waals surface area contributed by atoms with E-state index in [1.807, 2.05) is 45.0 Å². The van der Waals surface area contributed by atoms with Gasteiger partial charge in [-0.25, -0.2) is 4.39 Å². The van der Waals surface area contributed by atoms with Gasteiger partial charge in [-0.2, -0.15) is 76.3 Å². The summed E-state index contributed by atoms with van der Waals surface area (Å²) in [6.45, 7) is 41.4. The molecule has 0 radical (unpaired) electrons. The van der Waals surface area contributed by atoms with Gasteiger partial charge in [0.15, 0.2) is 18.4 Å². The molecule has 31 nitrogen and oxygen atoms in total. The number of nitrogens with one attached hydrogen (secondary N) is 1. The van der Waals surface area contributed by atoms with Crippen molar-refractivity contribution in [3.8, 4) is 172 Å². The van der Waals surface area contributed by atoms with Crippen LogP contribution in [0.15, 0.2) is 0 Å². The Morgan fingerprint density at radius 1 is 0.359 bits per heavy atom. The van der Waals surface area contributed by atoms with E-state index in [4.69, 9.17) is 119 Å². The molecule has 9 aliphatic heterocycles. The van der Waals surface area contributed by atoms with Gasteiger partial charge in [0.05, 0.1) is 184 Å². The number of piperazine rings is 6. The first kappa shape index (κ1) is 115. The summed E-state index contributed by atoms with van der Waals surface area (Å²) in [5.74, 6) is 21.2. The highest BCUT2D eigenvalue weighted by Gasteiger charge is 2.36. The number of halogens is 4. The number of ether oxygens (including phenoxy) is 1. The van der Waals surface area contributed by atoms with Gasteiger partial charge >= 0.3 is 6.18 Å². The van der Waals surface area contributed by atoms with Crippen molar-refractivity contribution in [1.82, 2.24) is 88.6 Å². The van der Waals surface area contributed by atoms with Crippen LogP contribution >= 0.6 is 0 Å². The highest BCUT2D eigenvalue weighted by molar-refractivity contribution is 5.15. The number of nitrogens with zero attached hydrogens (tertiary/aromatic N) is 29. The molecule has 0 amide bonds. The van der Waals surface area contributed by atoms with E-state index in [0.717, 1.165) is 137 Å². The summed E-state index contributed by atoms with van der Waals surface area (Å²) in [6, 6.07) is 26.5. The van der Waals surface area contributed by atoms with E-state index in [2.05, 4.69) is 198 Å². The molecule has 0 aromatic rings. The number of hydrogen-bond donors (Lipinski definition) is 1. The largest absolute Gasteiger partial charge is 0.411 e. The molecule has 35 heteroatoms. The standard InChI is InChI=1S/C11H14F3N3O.C11H11N5.3C11H17N3.C10H16N4.C10H15N3.C9H12FN3.C9H13N3/c1-2-4-16-6-7-17(5-3-15)10(8-16)18-9-11(12,13)14;1-2-10(7-12)15-3-5-16(6-4-15)11(8-13)9-14;1-4-6-13-9-14(7-5-12)11(3)8-10(13)2;1-4-6-13-8-10(2)9-14(7-5-12)11(13)3;1-4-6-13-8-9-14(7-5-12)11(3)10(13)2;11-4-1-7-14-8-2-10(3-9-14)13-6-5-12;1-3-5-12-7-8-13(6-4-11)10(2)9-12;1-2-4-12-6-7-13(5-3-11)9(10)8-12;1-2-4-11-6-8-12(5-3-10)9-7-11/h1,10H,4-9H2;1,10-11H,3-6H2;3*1,10-11H,6-9H2,2-3H3;10,13H,1-3,6-9H2;1,10H,5-9H2,2H3;1,9H,4-8H2;1H,4-9H2. The molecule has 0 aromatic carbocycles. The Morgan fingerprint density at radius 3 is 1.19 bits per heavy atom. The topological polar surface area (TPSA) is 362 Å². The highest BCUT2D eigenvalue weighted by atomic mass is 19.4. The fourth-order valence-electron chi connectivity index (χ4n) is 15.4. The van der Waals surface area contributed by atoms with Gasteiger partial charge in [0.2, 0.25) is 0 Å². The molecule has 9 fully saturated rings. The maximum absolute atomic E-state index is 13.3. The van der Waals surface area contributed by atoms with Gasteiger partial charge in [0, 0.05) is 187 Å². The summed E-state index contributed by atoms with van der Waals surface area (Å²) in [6.07, 6.45) is 39.9. The lowest BCUT2D eigenvalue weighted by Gasteiger charge is -2.43. The van der Waals surface area contributed by atoms with Crippen LogP contribution in [0.2, 0.25) is 0 Å². The predicted molar refractivity (Wildman–Crippen MR) is 484 cm³/mol. The van der Waals surface area contributed by atoms with Crippen LogP contribution < -0.4 is 5.32 Å². The molecule has 0 spiro atoms. The SMILES string of the molecule is C#CC(C#N)N1CCN(C(C#N)C#N)CC1.C#CCN1CC(C)CN(CC#N)C1C.C#CCN1CCN(CC#N)C(C)C1.C#CCN1CCN(CC#N)C(C)C1C.C#CCN1CCN(CC#N)C(F)C1.C#CCN1CCN(CC#N)C(OCC(F)(F)F)C1.C#CCN1CCN(CC#N)CC1.C#CCN1CN(CC#N)C(C)CC1C.N#CCCN1CCC(NCC#N)CC1. The van der Waals surface area contributed by atoms with Crippen molar-refractivity contribution in [2.24, 2.45) is 5.92 Å². The van der Waals surface area contributed by atoms with Gasteiger partial charge in [0.1, 0.15) is 12.8 Å². The first-order valence-corrected chi connectivity index (χ1v) is 43.1. The van der Waals surface area contributed by atoms with E-state index >= 15 is 0 Å². The summed E-state index contributed by atoms with van der Waals surface area (Å²) >= 11 is 0. The average Bonchev–Trinajstić information content (AvgIpc) is 0.844. The minimum absolute atomic E-state index is 0.0480. The monoisotopic (exact) mass is 1760 g/mol. The summed E-state index contributed by atoms with van der Waals surface area (Å²) in [4.78, 5) is 34.9. The fraction of sp³-hybridized carbons (Fsp3) is 0.699. The van der Waals surface area contributed by atoms with Crippen LogP contribution in [-0.4, -0.2) is 425 Å². The number of piperidine rings is 1. The van der Waals surface area contributed by atoms with Gasteiger partial charge in [-0.1, -0.05) is 54.3 Å². The van der Waals surface area contributed by atoms with Gasteiger partial charge in [-0.05, 0) is 79.8 Å². The van der Waals surface area contributed by atoms with Crippen molar-refractivity contribution in [2.45, 2.75) is 147 Å². The molecule has 10 atom stereocenters. The van der Waals surface area contributed by atoms with Crippen LogP contribution in [0.5, 0.6) is 0 Å². The number of terminal acetylenes is 8. The van der Waals surface area contributed by atoms with Gasteiger partial charge in [-0.3, -0.25) is 78.4 Å². The van der Waals surface area contributed by atoms with Crippen molar-refractivity contribution in [3.05, 3.63) is 0 Å². The summed E-state index contributed by atoms with van der Waals surface area (Å²) in [5.41, 5.74) is 0. The van der Waals surface area contributed by atoms with Gasteiger partial charge in [0.25, 0.3) is 0 Å². The Balaban J connectivity index is 0.000000721. The lowest BCUT2D eigenvalue weighted by molar-refractivity contribution is -0.209. The number of alkyl halides is 4. The zero-order valence-corrected chi connectivity index (χ0v) is 76.3. The summed E-state index contributed by atoms with van der Waals surface area (Å²) in [7, 11) is 0. The van der Waals surface area contributed by atoms with Crippen LogP contribution in [0.4, 0.5) is 17.6 Å². The Labute approximate surface area is 763 Å². The first-order chi connectivity index (χ1) is 61.6. The first-order valence-electron chi connectivity index (χ1n) is 43.1. The van der Waals surface area contributed by atoms with Crippen LogP contribution in [0.3, 0.4) is 0 Å². The Kier molecular flexibility index (Phi) is 62.5. The van der Waals surface area contributed by atoms with Crippen LogP contribution in [0, 0.1) is 241 Å². The van der Waals surface area contributed by atoms with E-state index in [1.54, 1.807) is 9.80 Å². The molecule has 0 aliphatic carbocycles. The molecule has 9 aliphatic rings.